The van der Waals surface area contributed by atoms with E-state index in [1.54, 1.807) is 6.07 Å². The zero-order valence-corrected chi connectivity index (χ0v) is 11.7. The summed E-state index contributed by atoms with van der Waals surface area (Å²) in [6, 6.07) is 3.53. The monoisotopic (exact) mass is 277 g/mol. The minimum Gasteiger partial charge on any atom is -0.492 e. The number of aryl methyl sites for hydroxylation is 1. The second kappa shape index (κ2) is 5.71. The summed E-state index contributed by atoms with van der Waals surface area (Å²) in [5.74, 6) is 0.620. The van der Waals surface area contributed by atoms with Crippen LogP contribution in [0.25, 0.3) is 0 Å². The molecule has 0 fully saturated rings. The number of hydrogen-bond donors (Lipinski definition) is 1. The molecule has 0 saturated carbocycles. The zero-order chi connectivity index (χ0) is 13.1. The summed E-state index contributed by atoms with van der Waals surface area (Å²) in [5, 5.41) is 0.489. The van der Waals surface area contributed by atoms with Crippen molar-refractivity contribution in [3.8, 4) is 5.75 Å². The molecular formula is C11H16ClNO3S. The van der Waals surface area contributed by atoms with Crippen LogP contribution in [0, 0.1) is 6.92 Å². The van der Waals surface area contributed by atoms with Crippen LogP contribution < -0.4 is 9.46 Å². The van der Waals surface area contributed by atoms with Gasteiger partial charge in [-0.2, -0.15) is 0 Å². The molecule has 0 bridgehead atoms. The van der Waals surface area contributed by atoms with Crippen LogP contribution in [0.2, 0.25) is 5.02 Å². The summed E-state index contributed by atoms with van der Waals surface area (Å²) in [4.78, 5) is 0. The lowest BCUT2D eigenvalue weighted by Crippen LogP contribution is -2.21. The van der Waals surface area contributed by atoms with Crippen molar-refractivity contribution in [2.24, 2.45) is 0 Å². The molecule has 0 aliphatic carbocycles. The van der Waals surface area contributed by atoms with Crippen molar-refractivity contribution < 1.29 is 13.2 Å². The highest BCUT2D eigenvalue weighted by molar-refractivity contribution is 7.88. The molecule has 1 rings (SSSR count). The van der Waals surface area contributed by atoms with Gasteiger partial charge in [-0.25, -0.2) is 13.1 Å². The van der Waals surface area contributed by atoms with E-state index in [9.17, 15) is 8.42 Å². The quantitative estimate of drug-likeness (QED) is 0.897. The van der Waals surface area contributed by atoms with Crippen molar-refractivity contribution in [3.05, 3.63) is 28.3 Å². The molecule has 0 aliphatic heterocycles. The minimum atomic E-state index is -3.20. The summed E-state index contributed by atoms with van der Waals surface area (Å²) in [7, 11) is -3.20. The molecule has 0 amide bonds. The van der Waals surface area contributed by atoms with Crippen LogP contribution in [0.15, 0.2) is 12.1 Å². The van der Waals surface area contributed by atoms with Crippen LogP contribution in [-0.4, -0.2) is 21.3 Å². The Morgan fingerprint density at radius 2 is 2.06 bits per heavy atom. The zero-order valence-electron chi connectivity index (χ0n) is 10.1. The molecule has 96 valence electrons. The fourth-order valence-electron chi connectivity index (χ4n) is 1.36. The third kappa shape index (κ3) is 4.53. The van der Waals surface area contributed by atoms with E-state index in [0.717, 1.165) is 17.4 Å². The Labute approximate surface area is 107 Å². The predicted octanol–water partition coefficient (Wildman–Crippen LogP) is 2.10. The normalized spacial score (nSPS) is 11.5. The molecular weight excluding hydrogens is 262 g/mol. The number of sulfonamides is 1. The standard InChI is InChI=1S/C11H16ClNO3S/c1-4-16-11-5-8(2)9(6-10(11)12)7-13-17(3,14)15/h5-6,13H,4,7H2,1-3H3. The molecule has 1 aromatic rings. The van der Waals surface area contributed by atoms with Crippen molar-refractivity contribution in [1.29, 1.82) is 0 Å². The molecule has 6 heteroatoms. The van der Waals surface area contributed by atoms with Crippen LogP contribution >= 0.6 is 11.6 Å². The summed E-state index contributed by atoms with van der Waals surface area (Å²) in [5.41, 5.74) is 1.78. The maximum Gasteiger partial charge on any atom is 0.209 e. The molecule has 0 atom stereocenters. The first-order valence-corrected chi connectivity index (χ1v) is 7.47. The van der Waals surface area contributed by atoms with Crippen LogP contribution in [0.4, 0.5) is 0 Å². The molecule has 0 saturated heterocycles. The van der Waals surface area contributed by atoms with E-state index in [-0.39, 0.29) is 6.54 Å². The third-order valence-electron chi connectivity index (χ3n) is 2.22. The van der Waals surface area contributed by atoms with Gasteiger partial charge in [0, 0.05) is 6.54 Å². The molecule has 17 heavy (non-hydrogen) atoms. The Morgan fingerprint density at radius 3 is 2.59 bits per heavy atom. The Hall–Kier alpha value is -0.780. The summed E-state index contributed by atoms with van der Waals surface area (Å²) < 4.78 is 29.8. The lowest BCUT2D eigenvalue weighted by atomic mass is 10.1. The number of rotatable bonds is 5. The van der Waals surface area contributed by atoms with E-state index in [1.807, 2.05) is 19.9 Å². The lowest BCUT2D eigenvalue weighted by molar-refractivity contribution is 0.340. The van der Waals surface area contributed by atoms with Gasteiger partial charge in [-0.15, -0.1) is 0 Å². The first-order valence-electron chi connectivity index (χ1n) is 5.20. The van der Waals surface area contributed by atoms with E-state index < -0.39 is 10.0 Å². The number of ether oxygens (including phenoxy) is 1. The molecule has 1 N–H and O–H groups in total. The van der Waals surface area contributed by atoms with E-state index in [1.165, 1.54) is 0 Å². The first-order chi connectivity index (χ1) is 7.83. The number of hydrogen-bond acceptors (Lipinski definition) is 3. The fourth-order valence-corrected chi connectivity index (χ4v) is 2.02. The van der Waals surface area contributed by atoms with Gasteiger partial charge < -0.3 is 4.74 Å². The minimum absolute atomic E-state index is 0.233. The molecule has 0 unspecified atom stereocenters. The van der Waals surface area contributed by atoms with Crippen LogP contribution in [0.3, 0.4) is 0 Å². The number of nitrogens with one attached hydrogen (secondary N) is 1. The molecule has 0 aliphatic rings. The van der Waals surface area contributed by atoms with Gasteiger partial charge in [0.25, 0.3) is 0 Å². The Balaban J connectivity index is 2.91. The van der Waals surface area contributed by atoms with Gasteiger partial charge in [0.2, 0.25) is 10.0 Å². The first kappa shape index (κ1) is 14.3. The fraction of sp³-hybridized carbons (Fsp3) is 0.455. The molecule has 0 heterocycles. The van der Waals surface area contributed by atoms with Gasteiger partial charge in [0.1, 0.15) is 5.75 Å². The average Bonchev–Trinajstić information content (AvgIpc) is 2.20. The SMILES string of the molecule is CCOc1cc(C)c(CNS(C)(=O)=O)cc1Cl. The second-order valence-electron chi connectivity index (χ2n) is 3.74. The van der Waals surface area contributed by atoms with E-state index in [2.05, 4.69) is 4.72 Å². The maximum atomic E-state index is 11.0. The van der Waals surface area contributed by atoms with Crippen molar-refractivity contribution in [2.45, 2.75) is 20.4 Å². The van der Waals surface area contributed by atoms with Crippen molar-refractivity contribution in [3.63, 3.8) is 0 Å². The van der Waals surface area contributed by atoms with E-state index >= 15 is 0 Å². The summed E-state index contributed by atoms with van der Waals surface area (Å²) >= 11 is 6.03. The molecule has 0 aromatic heterocycles. The highest BCUT2D eigenvalue weighted by Gasteiger charge is 2.08. The van der Waals surface area contributed by atoms with Gasteiger partial charge in [0.15, 0.2) is 0 Å². The molecule has 0 radical (unpaired) electrons. The van der Waals surface area contributed by atoms with Crippen LogP contribution in [-0.2, 0) is 16.6 Å². The molecule has 4 nitrogen and oxygen atoms in total. The van der Waals surface area contributed by atoms with E-state index in [4.69, 9.17) is 16.3 Å². The van der Waals surface area contributed by atoms with Gasteiger partial charge in [-0.3, -0.25) is 0 Å². The topological polar surface area (TPSA) is 55.4 Å². The van der Waals surface area contributed by atoms with Crippen molar-refractivity contribution >= 4 is 21.6 Å². The lowest BCUT2D eigenvalue weighted by Gasteiger charge is -2.11. The van der Waals surface area contributed by atoms with Crippen molar-refractivity contribution in [2.75, 3.05) is 12.9 Å². The molecule has 1 aromatic carbocycles. The molecule has 0 spiro atoms. The number of benzene rings is 1. The summed E-state index contributed by atoms with van der Waals surface area (Å²) in [6.07, 6.45) is 1.12. The second-order valence-corrected chi connectivity index (χ2v) is 5.98. The van der Waals surface area contributed by atoms with Gasteiger partial charge in [-0.05, 0) is 37.1 Å². The Bertz CT molecular complexity index is 500. The van der Waals surface area contributed by atoms with Crippen molar-refractivity contribution in [1.82, 2.24) is 4.72 Å². The maximum absolute atomic E-state index is 11.0. The van der Waals surface area contributed by atoms with E-state index in [0.29, 0.717) is 17.4 Å². The Kier molecular flexibility index (Phi) is 4.80. The largest absolute Gasteiger partial charge is 0.492 e. The third-order valence-corrected chi connectivity index (χ3v) is 3.18. The highest BCUT2D eigenvalue weighted by Crippen LogP contribution is 2.28. The average molecular weight is 278 g/mol. The van der Waals surface area contributed by atoms with Gasteiger partial charge in [0.05, 0.1) is 17.9 Å². The Morgan fingerprint density at radius 1 is 1.41 bits per heavy atom. The van der Waals surface area contributed by atoms with Gasteiger partial charge >= 0.3 is 0 Å². The summed E-state index contributed by atoms with van der Waals surface area (Å²) in [6.45, 7) is 4.54. The number of halogens is 1. The van der Waals surface area contributed by atoms with Gasteiger partial charge in [-0.1, -0.05) is 11.6 Å². The smallest absolute Gasteiger partial charge is 0.209 e. The highest BCUT2D eigenvalue weighted by atomic mass is 35.5. The van der Waals surface area contributed by atoms with Crippen LogP contribution in [0.5, 0.6) is 5.75 Å². The van der Waals surface area contributed by atoms with Crippen LogP contribution in [0.1, 0.15) is 18.1 Å². The predicted molar refractivity (Wildman–Crippen MR) is 69.0 cm³/mol.